The van der Waals surface area contributed by atoms with E-state index in [1.165, 1.54) is 0 Å². The van der Waals surface area contributed by atoms with Gasteiger partial charge in [0, 0.05) is 30.1 Å². The summed E-state index contributed by atoms with van der Waals surface area (Å²) in [6, 6.07) is 19.9. The summed E-state index contributed by atoms with van der Waals surface area (Å²) >= 11 is 0. The van der Waals surface area contributed by atoms with Crippen LogP contribution in [0.5, 0.6) is 0 Å². The molecule has 5 heteroatoms. The molecule has 2 atom stereocenters. The van der Waals surface area contributed by atoms with Crippen molar-refractivity contribution in [3.05, 3.63) is 78.0 Å². The second-order valence-electron chi connectivity index (χ2n) is 8.99. The number of benzene rings is 2. The van der Waals surface area contributed by atoms with Gasteiger partial charge < -0.3 is 14.7 Å². The molecule has 160 valence electrons. The third kappa shape index (κ3) is 4.15. The molecule has 5 nitrogen and oxygen atoms in total. The zero-order valence-electron chi connectivity index (χ0n) is 17.6. The van der Waals surface area contributed by atoms with Crippen molar-refractivity contribution in [3.8, 4) is 0 Å². The fourth-order valence-electron chi connectivity index (χ4n) is 5.43. The van der Waals surface area contributed by atoms with Crippen LogP contribution >= 0.6 is 0 Å². The number of piperidine rings is 2. The van der Waals surface area contributed by atoms with Gasteiger partial charge in [-0.25, -0.2) is 4.79 Å². The number of hydrogen-bond acceptors (Lipinski definition) is 4. The van der Waals surface area contributed by atoms with Gasteiger partial charge in [-0.3, -0.25) is 4.98 Å². The third-order valence-corrected chi connectivity index (χ3v) is 6.74. The van der Waals surface area contributed by atoms with Gasteiger partial charge in [0.2, 0.25) is 0 Å². The minimum atomic E-state index is -0.836. The van der Waals surface area contributed by atoms with Crippen molar-refractivity contribution in [2.24, 2.45) is 0 Å². The number of fused-ring (bicyclic) bond motifs is 3. The maximum atomic E-state index is 12.9. The third-order valence-electron chi connectivity index (χ3n) is 6.74. The van der Waals surface area contributed by atoms with E-state index in [0.717, 1.165) is 41.3 Å². The molecule has 0 spiro atoms. The molecule has 0 aliphatic carbocycles. The highest BCUT2D eigenvalue weighted by molar-refractivity contribution is 5.81. The fourth-order valence-corrected chi connectivity index (χ4v) is 5.43. The SMILES string of the molecule is O=C(OCc1ccccc1)N1C2CCCC1CC(O)(Cc1cccc3cccnc13)C2. The van der Waals surface area contributed by atoms with Crippen LogP contribution in [0.2, 0.25) is 0 Å². The Morgan fingerprint density at radius 1 is 1.03 bits per heavy atom. The summed E-state index contributed by atoms with van der Waals surface area (Å²) in [5.74, 6) is 0. The Morgan fingerprint density at radius 3 is 2.55 bits per heavy atom. The van der Waals surface area contributed by atoms with E-state index in [1.807, 2.05) is 47.4 Å². The second kappa shape index (κ2) is 8.31. The first-order chi connectivity index (χ1) is 15.1. The number of rotatable bonds is 4. The van der Waals surface area contributed by atoms with E-state index in [4.69, 9.17) is 4.74 Å². The Balaban J connectivity index is 1.31. The van der Waals surface area contributed by atoms with Gasteiger partial charge in [0.25, 0.3) is 0 Å². The number of carbonyl (C=O) groups is 1. The number of aliphatic hydroxyl groups is 1. The van der Waals surface area contributed by atoms with Crippen LogP contribution in [0.4, 0.5) is 4.79 Å². The Kier molecular flexibility index (Phi) is 5.36. The number of aromatic nitrogens is 1. The lowest BCUT2D eigenvalue weighted by molar-refractivity contribution is -0.0844. The first-order valence-electron chi connectivity index (χ1n) is 11.2. The minimum absolute atomic E-state index is 0.0173. The van der Waals surface area contributed by atoms with Crippen LogP contribution in [0.3, 0.4) is 0 Å². The molecule has 0 radical (unpaired) electrons. The molecule has 2 aliphatic heterocycles. The van der Waals surface area contributed by atoms with E-state index < -0.39 is 5.60 Å². The largest absolute Gasteiger partial charge is 0.445 e. The Morgan fingerprint density at radius 2 is 1.77 bits per heavy atom. The summed E-state index contributed by atoms with van der Waals surface area (Å²) in [6.45, 7) is 0.279. The number of hydrogen-bond donors (Lipinski definition) is 1. The van der Waals surface area contributed by atoms with E-state index in [2.05, 4.69) is 23.2 Å². The molecule has 1 amide bonds. The average Bonchev–Trinajstić information content (AvgIpc) is 2.78. The number of para-hydroxylation sites is 1. The van der Waals surface area contributed by atoms with Crippen molar-refractivity contribution in [1.82, 2.24) is 9.88 Å². The summed E-state index contributed by atoms with van der Waals surface area (Å²) in [6.07, 6.45) is 6.16. The molecule has 31 heavy (non-hydrogen) atoms. The molecule has 0 saturated carbocycles. The smallest absolute Gasteiger partial charge is 0.410 e. The molecule has 3 aromatic rings. The van der Waals surface area contributed by atoms with Crippen molar-refractivity contribution < 1.29 is 14.6 Å². The predicted octanol–water partition coefficient (Wildman–Crippen LogP) is 4.86. The maximum absolute atomic E-state index is 12.9. The Bertz CT molecular complexity index is 1050. The maximum Gasteiger partial charge on any atom is 0.410 e. The molecule has 1 aromatic heterocycles. The van der Waals surface area contributed by atoms with Crippen LogP contribution < -0.4 is 0 Å². The van der Waals surface area contributed by atoms with E-state index in [1.54, 1.807) is 6.20 Å². The van der Waals surface area contributed by atoms with E-state index in [0.29, 0.717) is 19.3 Å². The molecule has 2 aliphatic rings. The van der Waals surface area contributed by atoms with Gasteiger partial charge in [0.1, 0.15) is 6.61 Å². The zero-order chi connectivity index (χ0) is 21.3. The summed E-state index contributed by atoms with van der Waals surface area (Å²) < 4.78 is 5.64. The lowest BCUT2D eigenvalue weighted by atomic mass is 9.73. The van der Waals surface area contributed by atoms with Gasteiger partial charge in [-0.1, -0.05) is 54.6 Å². The van der Waals surface area contributed by atoms with Crippen molar-refractivity contribution in [2.45, 2.75) is 62.8 Å². The van der Waals surface area contributed by atoms with Crippen molar-refractivity contribution in [3.63, 3.8) is 0 Å². The van der Waals surface area contributed by atoms with E-state index in [9.17, 15) is 9.90 Å². The number of ether oxygens (including phenoxy) is 1. The first kappa shape index (κ1) is 20.0. The van der Waals surface area contributed by atoms with Gasteiger partial charge in [-0.2, -0.15) is 0 Å². The molecule has 2 bridgehead atoms. The van der Waals surface area contributed by atoms with Gasteiger partial charge >= 0.3 is 6.09 Å². The zero-order valence-corrected chi connectivity index (χ0v) is 17.6. The highest BCUT2D eigenvalue weighted by Crippen LogP contribution is 2.41. The van der Waals surface area contributed by atoms with Crippen molar-refractivity contribution >= 4 is 17.0 Å². The fraction of sp³-hybridized carbons (Fsp3) is 0.385. The summed E-state index contributed by atoms with van der Waals surface area (Å²) in [4.78, 5) is 19.4. The number of nitrogens with zero attached hydrogens (tertiary/aromatic N) is 2. The lowest BCUT2D eigenvalue weighted by Gasteiger charge is -2.51. The highest BCUT2D eigenvalue weighted by atomic mass is 16.6. The standard InChI is InChI=1S/C26H28N2O3/c29-25(31-18-19-7-2-1-3-8-19)28-22-12-5-13-23(28)17-26(30,16-22)15-21-10-4-9-20-11-6-14-27-24(20)21/h1-4,6-11,14,22-23,30H,5,12-13,15-18H2. The van der Waals surface area contributed by atoms with Gasteiger partial charge in [-0.05, 0) is 49.3 Å². The van der Waals surface area contributed by atoms with Crippen molar-refractivity contribution in [1.29, 1.82) is 0 Å². The quantitative estimate of drug-likeness (QED) is 0.660. The molecule has 1 N–H and O–H groups in total. The van der Waals surface area contributed by atoms with Crippen LogP contribution in [0.15, 0.2) is 66.9 Å². The van der Waals surface area contributed by atoms with Gasteiger partial charge in [0.15, 0.2) is 0 Å². The lowest BCUT2D eigenvalue weighted by Crippen LogP contribution is -2.60. The molecular weight excluding hydrogens is 388 g/mol. The molecule has 2 fully saturated rings. The van der Waals surface area contributed by atoms with Crippen molar-refractivity contribution in [2.75, 3.05) is 0 Å². The topological polar surface area (TPSA) is 62.7 Å². The highest BCUT2D eigenvalue weighted by Gasteiger charge is 2.48. The molecular formula is C26H28N2O3. The van der Waals surface area contributed by atoms with E-state index >= 15 is 0 Å². The molecule has 2 saturated heterocycles. The molecule has 2 aromatic carbocycles. The summed E-state index contributed by atoms with van der Waals surface area (Å²) in [5.41, 5.74) is 2.17. The molecule has 3 heterocycles. The number of pyridine rings is 1. The van der Waals surface area contributed by atoms with Gasteiger partial charge in [0.05, 0.1) is 11.1 Å². The Labute approximate surface area is 182 Å². The summed E-state index contributed by atoms with van der Waals surface area (Å²) in [7, 11) is 0. The van der Waals surface area contributed by atoms with E-state index in [-0.39, 0.29) is 24.8 Å². The van der Waals surface area contributed by atoms with Crippen LogP contribution in [-0.4, -0.2) is 38.8 Å². The Hall–Kier alpha value is -2.92. The average molecular weight is 417 g/mol. The molecule has 5 rings (SSSR count). The second-order valence-corrected chi connectivity index (χ2v) is 8.99. The number of carbonyl (C=O) groups excluding carboxylic acids is 1. The van der Waals surface area contributed by atoms with Crippen LogP contribution in [0, 0.1) is 0 Å². The van der Waals surface area contributed by atoms with Crippen LogP contribution in [0.1, 0.15) is 43.2 Å². The van der Waals surface area contributed by atoms with Crippen LogP contribution in [-0.2, 0) is 17.8 Å². The molecule has 2 unspecified atom stereocenters. The summed E-state index contributed by atoms with van der Waals surface area (Å²) in [5, 5.41) is 12.7. The normalized spacial score (nSPS) is 25.4. The predicted molar refractivity (Wildman–Crippen MR) is 120 cm³/mol. The van der Waals surface area contributed by atoms with Gasteiger partial charge in [-0.15, -0.1) is 0 Å². The number of amides is 1. The van der Waals surface area contributed by atoms with Crippen LogP contribution in [0.25, 0.3) is 10.9 Å². The minimum Gasteiger partial charge on any atom is -0.445 e. The first-order valence-corrected chi connectivity index (χ1v) is 11.2. The monoisotopic (exact) mass is 416 g/mol.